The summed E-state index contributed by atoms with van der Waals surface area (Å²) in [5.41, 5.74) is 0. The van der Waals surface area contributed by atoms with Crippen LogP contribution in [0.4, 0.5) is 0 Å². The molecule has 0 bridgehead atoms. The molecule has 0 aromatic rings. The Kier molecular flexibility index (Phi) is 24.1. The van der Waals surface area contributed by atoms with Gasteiger partial charge < -0.3 is 4.74 Å². The SMILES string of the molecule is C=COC=C.CCCCCCCCCCCCCl.[H+]. The minimum Gasteiger partial charge on any atom is -0.474 e. The zero-order valence-corrected chi connectivity index (χ0v) is 12.9. The molecule has 0 spiro atoms. The van der Waals surface area contributed by atoms with Crippen LogP contribution in [0.3, 0.4) is 0 Å². The molecule has 0 aliphatic rings. The molecule has 0 aromatic heterocycles. The van der Waals surface area contributed by atoms with Gasteiger partial charge in [0.2, 0.25) is 0 Å². The third-order valence-electron chi connectivity index (χ3n) is 2.68. The molecule has 0 saturated heterocycles. The van der Waals surface area contributed by atoms with Crippen LogP contribution in [0, 0.1) is 0 Å². The van der Waals surface area contributed by atoms with E-state index in [1.807, 2.05) is 0 Å². The molecule has 0 fully saturated rings. The lowest BCUT2D eigenvalue weighted by atomic mass is 10.1. The summed E-state index contributed by atoms with van der Waals surface area (Å²) in [6.45, 7) is 8.78. The van der Waals surface area contributed by atoms with Gasteiger partial charge in [-0.3, -0.25) is 0 Å². The second-order valence-corrected chi connectivity index (χ2v) is 4.72. The van der Waals surface area contributed by atoms with E-state index in [1.165, 1.54) is 76.7 Å². The Morgan fingerprint density at radius 3 is 1.50 bits per heavy atom. The van der Waals surface area contributed by atoms with E-state index in [4.69, 9.17) is 11.6 Å². The van der Waals surface area contributed by atoms with Crippen molar-refractivity contribution in [1.82, 2.24) is 0 Å². The average molecular weight is 276 g/mol. The molecule has 0 aliphatic carbocycles. The van der Waals surface area contributed by atoms with E-state index in [0.29, 0.717) is 0 Å². The van der Waals surface area contributed by atoms with Crippen molar-refractivity contribution in [3.8, 4) is 0 Å². The summed E-state index contributed by atoms with van der Waals surface area (Å²) in [5.74, 6) is 0.844. The third kappa shape index (κ3) is 24.7. The van der Waals surface area contributed by atoms with Crippen LogP contribution in [0.5, 0.6) is 0 Å². The second kappa shape index (κ2) is 21.8. The van der Waals surface area contributed by atoms with Gasteiger partial charge in [0.05, 0.1) is 12.5 Å². The van der Waals surface area contributed by atoms with Crippen molar-refractivity contribution in [2.45, 2.75) is 71.1 Å². The van der Waals surface area contributed by atoms with Gasteiger partial charge in [-0.25, -0.2) is 0 Å². The smallest absolute Gasteiger partial charge is 0.474 e. The van der Waals surface area contributed by atoms with Crippen molar-refractivity contribution < 1.29 is 6.16 Å². The van der Waals surface area contributed by atoms with E-state index < -0.39 is 0 Å². The topological polar surface area (TPSA) is 9.23 Å². The molecule has 0 saturated carbocycles. The first-order valence-electron chi connectivity index (χ1n) is 7.26. The molecule has 2 heteroatoms. The number of alkyl halides is 1. The van der Waals surface area contributed by atoms with Gasteiger partial charge in [0, 0.05) is 5.88 Å². The highest BCUT2D eigenvalue weighted by Crippen LogP contribution is 2.10. The number of hydrogen-bond acceptors (Lipinski definition) is 1. The summed E-state index contributed by atoms with van der Waals surface area (Å²) < 4.78 is 4.36. The van der Waals surface area contributed by atoms with E-state index in [-0.39, 0.29) is 1.43 Å². The Morgan fingerprint density at radius 2 is 1.22 bits per heavy atom. The molecule has 0 amide bonds. The molecule has 0 radical (unpaired) electrons. The highest BCUT2D eigenvalue weighted by Gasteiger charge is 1.91. The van der Waals surface area contributed by atoms with Crippen LogP contribution < -0.4 is 0 Å². The molecule has 108 valence electrons. The monoisotopic (exact) mass is 275 g/mol. The highest BCUT2D eigenvalue weighted by atomic mass is 35.5. The molecule has 0 aliphatic heterocycles. The summed E-state index contributed by atoms with van der Waals surface area (Å²) in [5, 5.41) is 0. The van der Waals surface area contributed by atoms with Crippen LogP contribution in [0.25, 0.3) is 0 Å². The Balaban J connectivity index is -0.000000366. The first-order valence-corrected chi connectivity index (χ1v) is 7.80. The molecule has 1 nitrogen and oxygen atoms in total. The summed E-state index contributed by atoms with van der Waals surface area (Å²) in [4.78, 5) is 0. The molecule has 0 aromatic carbocycles. The summed E-state index contributed by atoms with van der Waals surface area (Å²) >= 11 is 5.60. The molecular weight excluding hydrogens is 244 g/mol. The van der Waals surface area contributed by atoms with E-state index in [9.17, 15) is 0 Å². The maximum absolute atomic E-state index is 5.60. The van der Waals surface area contributed by atoms with Crippen LogP contribution in [-0.2, 0) is 4.74 Å². The van der Waals surface area contributed by atoms with Crippen LogP contribution in [0.15, 0.2) is 25.7 Å². The molecule has 0 atom stereocenters. The fourth-order valence-electron chi connectivity index (χ4n) is 1.65. The predicted molar refractivity (Wildman–Crippen MR) is 85.2 cm³/mol. The second-order valence-electron chi connectivity index (χ2n) is 4.34. The standard InChI is InChI=1S/C12H25Cl.C4H6O/c1-2-3-4-5-6-7-8-9-10-11-12-13;1-3-5-4-2/h2-12H2,1H3;3-4H,1-2H2/p+1. The molecule has 18 heavy (non-hydrogen) atoms. The number of rotatable bonds is 12. The van der Waals surface area contributed by atoms with Gasteiger partial charge in [-0.1, -0.05) is 77.9 Å². The number of unbranched alkanes of at least 4 members (excludes halogenated alkanes) is 9. The van der Waals surface area contributed by atoms with Crippen LogP contribution in [0.2, 0.25) is 0 Å². The van der Waals surface area contributed by atoms with E-state index in [2.05, 4.69) is 24.8 Å². The van der Waals surface area contributed by atoms with Crippen LogP contribution in [-0.4, -0.2) is 5.88 Å². The van der Waals surface area contributed by atoms with Crippen molar-refractivity contribution in [2.75, 3.05) is 5.88 Å². The van der Waals surface area contributed by atoms with Crippen LogP contribution in [0.1, 0.15) is 72.6 Å². The summed E-state index contributed by atoms with van der Waals surface area (Å²) in [7, 11) is 0. The van der Waals surface area contributed by atoms with Gasteiger partial charge in [0.25, 0.3) is 0 Å². The zero-order chi connectivity index (χ0) is 13.9. The molecule has 0 rings (SSSR count). The number of hydrogen-bond donors (Lipinski definition) is 0. The molecule has 0 unspecified atom stereocenters. The van der Waals surface area contributed by atoms with Gasteiger partial charge in [-0.15, -0.1) is 11.6 Å². The van der Waals surface area contributed by atoms with Gasteiger partial charge >= 0.3 is 1.43 Å². The largest absolute Gasteiger partial charge is 1.00 e. The minimum absolute atomic E-state index is 0. The fraction of sp³-hybridized carbons (Fsp3) is 0.750. The number of halogens is 1. The third-order valence-corrected chi connectivity index (χ3v) is 2.95. The fourth-order valence-corrected chi connectivity index (χ4v) is 1.84. The van der Waals surface area contributed by atoms with Crippen molar-refractivity contribution in [3.05, 3.63) is 25.7 Å². The van der Waals surface area contributed by atoms with Gasteiger partial charge in [0.1, 0.15) is 0 Å². The predicted octanol–water partition coefficient (Wildman–Crippen LogP) is 6.55. The lowest BCUT2D eigenvalue weighted by Crippen LogP contribution is -1.81. The Hall–Kier alpha value is -0.430. The van der Waals surface area contributed by atoms with E-state index in [1.54, 1.807) is 0 Å². The normalized spacial score (nSPS) is 9.22. The van der Waals surface area contributed by atoms with E-state index >= 15 is 0 Å². The highest BCUT2D eigenvalue weighted by molar-refractivity contribution is 6.17. The van der Waals surface area contributed by atoms with Crippen molar-refractivity contribution in [1.29, 1.82) is 0 Å². The van der Waals surface area contributed by atoms with Crippen molar-refractivity contribution in [2.24, 2.45) is 0 Å². The van der Waals surface area contributed by atoms with Crippen molar-refractivity contribution >= 4 is 11.6 Å². The quantitative estimate of drug-likeness (QED) is 0.223. The Morgan fingerprint density at radius 1 is 0.833 bits per heavy atom. The molecule has 0 heterocycles. The molecule has 0 N–H and O–H groups in total. The van der Waals surface area contributed by atoms with Gasteiger partial charge in [-0.05, 0) is 6.42 Å². The maximum atomic E-state index is 5.60. The Labute approximate surface area is 121 Å². The summed E-state index contributed by atoms with van der Waals surface area (Å²) in [6, 6.07) is 0. The lowest BCUT2D eigenvalue weighted by Gasteiger charge is -2.00. The number of ether oxygens (including phenoxy) is 1. The maximum Gasteiger partial charge on any atom is 1.00 e. The first kappa shape index (κ1) is 19.9. The average Bonchev–Trinajstić information content (AvgIpc) is 2.39. The molecular formula is C16H32ClO+. The van der Waals surface area contributed by atoms with Crippen molar-refractivity contribution in [3.63, 3.8) is 0 Å². The van der Waals surface area contributed by atoms with Gasteiger partial charge in [-0.2, -0.15) is 0 Å². The summed E-state index contributed by atoms with van der Waals surface area (Å²) in [6.07, 6.45) is 16.5. The van der Waals surface area contributed by atoms with E-state index in [0.717, 1.165) is 5.88 Å². The lowest BCUT2D eigenvalue weighted by molar-refractivity contribution is 0.406. The van der Waals surface area contributed by atoms with Gasteiger partial charge in [0.15, 0.2) is 0 Å². The zero-order valence-electron chi connectivity index (χ0n) is 13.1. The first-order chi connectivity index (χ1) is 8.83. The Bertz CT molecular complexity index is 147. The minimum atomic E-state index is 0. The van der Waals surface area contributed by atoms with Crippen LogP contribution >= 0.6 is 11.6 Å².